The van der Waals surface area contributed by atoms with Crippen molar-refractivity contribution in [1.29, 1.82) is 0 Å². The van der Waals surface area contributed by atoms with Crippen LogP contribution in [0.5, 0.6) is 0 Å². The topological polar surface area (TPSA) is 76.1 Å². The number of hydrogen-bond acceptors (Lipinski definition) is 4. The molecule has 0 saturated heterocycles. The first-order chi connectivity index (χ1) is 12.3. The van der Waals surface area contributed by atoms with E-state index < -0.39 is 26.3 Å². The van der Waals surface area contributed by atoms with Crippen molar-refractivity contribution in [2.24, 2.45) is 11.8 Å². The highest BCUT2D eigenvalue weighted by Gasteiger charge is 2.35. The predicted molar refractivity (Wildman–Crippen MR) is 96.9 cm³/mol. The summed E-state index contributed by atoms with van der Waals surface area (Å²) in [7, 11) is -3.20. The molecule has 152 valence electrons. The van der Waals surface area contributed by atoms with Crippen molar-refractivity contribution in [2.75, 3.05) is 11.1 Å². The number of carbonyl (C=O) groups excluding carboxylic acids is 1. The number of anilines is 1. The van der Waals surface area contributed by atoms with Crippen molar-refractivity contribution in [3.63, 3.8) is 0 Å². The molecule has 1 fully saturated rings. The summed E-state index contributed by atoms with van der Waals surface area (Å²) in [6, 6.07) is 2.00. The van der Waals surface area contributed by atoms with Gasteiger partial charge in [0.1, 0.15) is 5.82 Å². The number of hydrogen-bond donors (Lipinski definition) is 1. The van der Waals surface area contributed by atoms with Gasteiger partial charge in [0, 0.05) is 12.1 Å². The van der Waals surface area contributed by atoms with Crippen LogP contribution in [0.3, 0.4) is 0 Å². The van der Waals surface area contributed by atoms with Crippen LogP contribution in [-0.2, 0) is 20.8 Å². The fourth-order valence-corrected chi connectivity index (χ4v) is 4.47. The van der Waals surface area contributed by atoms with E-state index in [1.54, 1.807) is 20.8 Å². The number of halogens is 3. The molecule has 0 aliphatic heterocycles. The van der Waals surface area contributed by atoms with Gasteiger partial charge in [-0.25, -0.2) is 13.4 Å². The van der Waals surface area contributed by atoms with Crippen molar-refractivity contribution in [3.05, 3.63) is 23.9 Å². The summed E-state index contributed by atoms with van der Waals surface area (Å²) in [5.74, 6) is -0.361. The van der Waals surface area contributed by atoms with Crippen LogP contribution in [0.2, 0.25) is 0 Å². The van der Waals surface area contributed by atoms with Gasteiger partial charge < -0.3 is 5.32 Å². The van der Waals surface area contributed by atoms with Crippen molar-refractivity contribution in [3.8, 4) is 0 Å². The van der Waals surface area contributed by atoms with Gasteiger partial charge in [0.15, 0.2) is 9.84 Å². The molecule has 27 heavy (non-hydrogen) atoms. The Labute approximate surface area is 157 Å². The number of amides is 1. The first-order valence-electron chi connectivity index (χ1n) is 8.86. The molecule has 1 aromatic heterocycles. The number of alkyl halides is 3. The van der Waals surface area contributed by atoms with Gasteiger partial charge in [0.2, 0.25) is 5.91 Å². The predicted octanol–water partition coefficient (Wildman–Crippen LogP) is 4.06. The van der Waals surface area contributed by atoms with Crippen LogP contribution in [-0.4, -0.2) is 29.8 Å². The van der Waals surface area contributed by atoms with Crippen LogP contribution in [0.1, 0.15) is 52.0 Å². The molecule has 1 heterocycles. The Morgan fingerprint density at radius 2 is 1.74 bits per heavy atom. The molecule has 0 radical (unpaired) electrons. The molecule has 0 bridgehead atoms. The van der Waals surface area contributed by atoms with E-state index in [9.17, 15) is 26.4 Å². The normalized spacial score (nSPS) is 21.7. The maximum atomic E-state index is 12.5. The minimum absolute atomic E-state index is 0.0301. The first kappa shape index (κ1) is 21.7. The zero-order chi connectivity index (χ0) is 20.5. The highest BCUT2D eigenvalue weighted by molar-refractivity contribution is 7.92. The quantitative estimate of drug-likeness (QED) is 0.818. The van der Waals surface area contributed by atoms with Crippen molar-refractivity contribution in [2.45, 2.75) is 57.4 Å². The molecule has 0 unspecified atom stereocenters. The molecule has 0 aromatic carbocycles. The summed E-state index contributed by atoms with van der Waals surface area (Å²) < 4.78 is 61.4. The van der Waals surface area contributed by atoms with Gasteiger partial charge in [-0.05, 0) is 64.5 Å². The van der Waals surface area contributed by atoms with Gasteiger partial charge in [-0.2, -0.15) is 13.2 Å². The number of aromatic nitrogens is 1. The highest BCUT2D eigenvalue weighted by Crippen LogP contribution is 2.33. The third-order valence-electron chi connectivity index (χ3n) is 4.95. The van der Waals surface area contributed by atoms with Crippen LogP contribution >= 0.6 is 0 Å². The Bertz CT molecular complexity index is 761. The van der Waals surface area contributed by atoms with E-state index in [0.717, 1.165) is 12.1 Å². The Hall–Kier alpha value is -1.64. The Morgan fingerprint density at radius 1 is 1.15 bits per heavy atom. The molecule has 9 heteroatoms. The van der Waals surface area contributed by atoms with E-state index in [-0.39, 0.29) is 29.3 Å². The fraction of sp³-hybridized carbons (Fsp3) is 0.667. The van der Waals surface area contributed by atoms with E-state index in [1.165, 1.54) is 0 Å². The molecule has 5 nitrogen and oxygen atoms in total. The van der Waals surface area contributed by atoms with Crippen molar-refractivity contribution >= 4 is 21.6 Å². The average molecular weight is 406 g/mol. The van der Waals surface area contributed by atoms with Crippen LogP contribution in [0.25, 0.3) is 0 Å². The van der Waals surface area contributed by atoms with Gasteiger partial charge >= 0.3 is 6.18 Å². The fourth-order valence-electron chi connectivity index (χ4n) is 3.02. The molecular weight excluding hydrogens is 381 g/mol. The van der Waals surface area contributed by atoms with Crippen LogP contribution < -0.4 is 5.32 Å². The number of nitrogens with one attached hydrogen (secondary N) is 1. The van der Waals surface area contributed by atoms with Gasteiger partial charge in [-0.3, -0.25) is 4.79 Å². The van der Waals surface area contributed by atoms with E-state index in [0.29, 0.717) is 31.9 Å². The Kier molecular flexibility index (Phi) is 6.23. The zero-order valence-corrected chi connectivity index (χ0v) is 16.5. The second-order valence-corrected chi connectivity index (χ2v) is 10.8. The summed E-state index contributed by atoms with van der Waals surface area (Å²) in [6.45, 7) is 5.04. The summed E-state index contributed by atoms with van der Waals surface area (Å²) in [5, 5.41) is 2.54. The lowest BCUT2D eigenvalue weighted by Crippen LogP contribution is -2.35. The lowest BCUT2D eigenvalue weighted by molar-refractivity contribution is -0.137. The summed E-state index contributed by atoms with van der Waals surface area (Å²) in [5.41, 5.74) is -0.874. The van der Waals surface area contributed by atoms with Gasteiger partial charge in [0.05, 0.1) is 16.1 Å². The highest BCUT2D eigenvalue weighted by atomic mass is 32.2. The van der Waals surface area contributed by atoms with Crippen LogP contribution in [0, 0.1) is 11.8 Å². The molecule has 2 rings (SSSR count). The lowest BCUT2D eigenvalue weighted by atomic mass is 9.82. The van der Waals surface area contributed by atoms with Crippen LogP contribution in [0.4, 0.5) is 19.0 Å². The number of pyridine rings is 1. The smallest absolute Gasteiger partial charge is 0.310 e. The maximum Gasteiger partial charge on any atom is 0.417 e. The van der Waals surface area contributed by atoms with E-state index in [2.05, 4.69) is 10.3 Å². The summed E-state index contributed by atoms with van der Waals surface area (Å²) in [6.07, 6.45) is -1.42. The number of carbonyl (C=O) groups is 1. The minimum atomic E-state index is -4.47. The molecule has 1 amide bonds. The summed E-state index contributed by atoms with van der Waals surface area (Å²) >= 11 is 0. The molecule has 1 N–H and O–H groups in total. The second kappa shape index (κ2) is 7.77. The molecule has 1 aliphatic rings. The molecule has 0 spiro atoms. The van der Waals surface area contributed by atoms with E-state index in [1.807, 2.05) is 0 Å². The molecule has 1 saturated carbocycles. The lowest BCUT2D eigenvalue weighted by Gasteiger charge is -2.29. The first-order valence-corrected chi connectivity index (χ1v) is 10.5. The van der Waals surface area contributed by atoms with Gasteiger partial charge in [0.25, 0.3) is 0 Å². The third kappa shape index (κ3) is 5.67. The largest absolute Gasteiger partial charge is 0.417 e. The Balaban J connectivity index is 1.88. The zero-order valence-electron chi connectivity index (χ0n) is 15.6. The SMILES string of the molecule is CC(C)(C)S(=O)(=O)CC1CCC(C(=O)Nc2ccc(C(F)(F)F)cn2)CC1. The third-order valence-corrected chi connectivity index (χ3v) is 7.72. The van der Waals surface area contributed by atoms with Crippen molar-refractivity contribution < 1.29 is 26.4 Å². The van der Waals surface area contributed by atoms with E-state index in [4.69, 9.17) is 0 Å². The van der Waals surface area contributed by atoms with Crippen molar-refractivity contribution in [1.82, 2.24) is 4.98 Å². The Morgan fingerprint density at radius 3 is 2.19 bits per heavy atom. The average Bonchev–Trinajstić information content (AvgIpc) is 2.53. The molecule has 1 aromatic rings. The van der Waals surface area contributed by atoms with Gasteiger partial charge in [-0.15, -0.1) is 0 Å². The molecule has 1 aliphatic carbocycles. The number of rotatable bonds is 4. The summed E-state index contributed by atoms with van der Waals surface area (Å²) in [4.78, 5) is 15.9. The number of sulfone groups is 1. The monoisotopic (exact) mass is 406 g/mol. The molecular formula is C18H25F3N2O3S. The standard InChI is InChI=1S/C18H25F3N2O3S/c1-17(2,3)27(25,26)11-12-4-6-13(7-5-12)16(24)23-15-9-8-14(10-22-15)18(19,20)21/h8-10,12-13H,4-7,11H2,1-3H3,(H,22,23,24). The van der Waals surface area contributed by atoms with Gasteiger partial charge in [-0.1, -0.05) is 0 Å². The van der Waals surface area contributed by atoms with E-state index >= 15 is 0 Å². The maximum absolute atomic E-state index is 12.5. The number of nitrogens with zero attached hydrogens (tertiary/aromatic N) is 1. The second-order valence-electron chi connectivity index (χ2n) is 8.03. The van der Waals surface area contributed by atoms with Crippen LogP contribution in [0.15, 0.2) is 18.3 Å². The molecule has 0 atom stereocenters. The minimum Gasteiger partial charge on any atom is -0.310 e.